The number of nitrogens with zero attached hydrogens (tertiary/aromatic N) is 2. The zero-order valence-electron chi connectivity index (χ0n) is 10.7. The van der Waals surface area contributed by atoms with Gasteiger partial charge in [-0.1, -0.05) is 6.58 Å². The minimum absolute atomic E-state index is 0.604. The highest BCUT2D eigenvalue weighted by Crippen LogP contribution is 2.30. The van der Waals surface area contributed by atoms with Crippen LogP contribution in [-0.4, -0.2) is 40.1 Å². The van der Waals surface area contributed by atoms with E-state index in [0.29, 0.717) is 5.76 Å². The Balaban J connectivity index is 2.32. The van der Waals surface area contributed by atoms with Crippen LogP contribution in [0.1, 0.15) is 5.56 Å². The molecule has 0 unspecified atom stereocenters. The molecule has 0 aromatic heterocycles. The molecule has 1 heterocycles. The lowest BCUT2D eigenvalue weighted by molar-refractivity contribution is 0.122. The molecule has 4 nitrogen and oxygen atoms in total. The molecule has 4 heteroatoms. The van der Waals surface area contributed by atoms with Crippen molar-refractivity contribution in [3.8, 4) is 0 Å². The summed E-state index contributed by atoms with van der Waals surface area (Å²) in [5, 5.41) is 0. The van der Waals surface area contributed by atoms with Crippen LogP contribution in [0, 0.1) is 0 Å². The third-order valence-electron chi connectivity index (χ3n) is 3.07. The summed E-state index contributed by atoms with van der Waals surface area (Å²) in [5.74, 6) is 0.604. The Hall–Kier alpha value is -1.81. The number of benzene rings is 1. The molecule has 96 valence electrons. The Morgan fingerprint density at radius 2 is 2.11 bits per heavy atom. The van der Waals surface area contributed by atoms with Crippen LogP contribution in [0.2, 0.25) is 0 Å². The Kier molecular flexibility index (Phi) is 3.99. The first-order valence-corrected chi connectivity index (χ1v) is 5.93. The van der Waals surface area contributed by atoms with Crippen LogP contribution in [0.5, 0.6) is 0 Å². The average Bonchev–Trinajstić information content (AvgIpc) is 2.46. The van der Waals surface area contributed by atoms with Crippen molar-refractivity contribution in [3.05, 3.63) is 30.3 Å². The molecule has 0 saturated carbocycles. The molecule has 1 aliphatic heterocycles. The molecule has 2 rings (SSSR count). The van der Waals surface area contributed by atoms with Gasteiger partial charge in [-0.25, -0.2) is 0 Å². The molecule has 1 aromatic rings. The van der Waals surface area contributed by atoms with Crippen molar-refractivity contribution >= 4 is 23.9 Å². The van der Waals surface area contributed by atoms with Crippen LogP contribution in [0.15, 0.2) is 29.8 Å². The van der Waals surface area contributed by atoms with Crippen LogP contribution in [-0.2, 0) is 9.47 Å². The van der Waals surface area contributed by atoms with Crippen molar-refractivity contribution in [2.75, 3.05) is 38.3 Å². The summed E-state index contributed by atoms with van der Waals surface area (Å²) in [6.07, 6.45) is 0. The van der Waals surface area contributed by atoms with Crippen LogP contribution >= 0.6 is 0 Å². The van der Waals surface area contributed by atoms with Gasteiger partial charge in [0.15, 0.2) is 0 Å². The van der Waals surface area contributed by atoms with E-state index in [4.69, 9.17) is 9.47 Å². The topological polar surface area (TPSA) is 34.1 Å². The minimum Gasteiger partial charge on any atom is -0.497 e. The van der Waals surface area contributed by atoms with Crippen molar-refractivity contribution in [1.82, 2.24) is 0 Å². The third kappa shape index (κ3) is 2.54. The van der Waals surface area contributed by atoms with E-state index in [0.717, 1.165) is 43.2 Å². The van der Waals surface area contributed by atoms with E-state index in [9.17, 15) is 0 Å². The largest absolute Gasteiger partial charge is 0.497 e. The SMILES string of the molecule is C=Nc1ccc(N2CCOCC2)cc1C(=C)OC. The number of hydrogen-bond acceptors (Lipinski definition) is 4. The van der Waals surface area contributed by atoms with Gasteiger partial charge in [0.1, 0.15) is 5.76 Å². The molecule has 1 aliphatic rings. The first kappa shape index (κ1) is 12.6. The second-order valence-electron chi connectivity index (χ2n) is 4.09. The number of ether oxygens (including phenoxy) is 2. The standard InChI is InChI=1S/C14H18N2O2/c1-11(17-3)13-10-12(4-5-14(13)15-2)16-6-8-18-9-7-16/h4-5,10H,1-2,6-9H2,3H3. The number of anilines is 1. The summed E-state index contributed by atoms with van der Waals surface area (Å²) >= 11 is 0. The number of methoxy groups -OCH3 is 1. The average molecular weight is 246 g/mol. The van der Waals surface area contributed by atoms with Gasteiger partial charge in [0.25, 0.3) is 0 Å². The third-order valence-corrected chi connectivity index (χ3v) is 3.07. The van der Waals surface area contributed by atoms with E-state index >= 15 is 0 Å². The van der Waals surface area contributed by atoms with E-state index in [1.54, 1.807) is 7.11 Å². The Morgan fingerprint density at radius 1 is 1.39 bits per heavy atom. The minimum atomic E-state index is 0.604. The van der Waals surface area contributed by atoms with Crippen molar-refractivity contribution < 1.29 is 9.47 Å². The van der Waals surface area contributed by atoms with Crippen LogP contribution in [0.25, 0.3) is 5.76 Å². The number of aliphatic imine (C=N–C) groups is 1. The van der Waals surface area contributed by atoms with Crippen molar-refractivity contribution in [2.24, 2.45) is 4.99 Å². The van der Waals surface area contributed by atoms with Gasteiger partial charge in [-0.05, 0) is 24.9 Å². The van der Waals surface area contributed by atoms with Gasteiger partial charge in [0, 0.05) is 24.3 Å². The van der Waals surface area contributed by atoms with Gasteiger partial charge in [-0.2, -0.15) is 0 Å². The zero-order valence-corrected chi connectivity index (χ0v) is 10.7. The summed E-state index contributed by atoms with van der Waals surface area (Å²) in [5.41, 5.74) is 2.81. The van der Waals surface area contributed by atoms with Crippen LogP contribution in [0.4, 0.5) is 11.4 Å². The van der Waals surface area contributed by atoms with Crippen molar-refractivity contribution in [2.45, 2.75) is 0 Å². The van der Waals surface area contributed by atoms with Crippen LogP contribution in [0.3, 0.4) is 0 Å². The Labute approximate surface area is 108 Å². The Bertz CT molecular complexity index is 451. The maximum absolute atomic E-state index is 5.35. The van der Waals surface area contributed by atoms with E-state index in [-0.39, 0.29) is 0 Å². The fourth-order valence-corrected chi connectivity index (χ4v) is 2.01. The van der Waals surface area contributed by atoms with Gasteiger partial charge < -0.3 is 14.4 Å². The van der Waals surface area contributed by atoms with Gasteiger partial charge in [-0.3, -0.25) is 4.99 Å². The molecule has 0 amide bonds. The normalized spacial score (nSPS) is 15.3. The van der Waals surface area contributed by atoms with Gasteiger partial charge in [-0.15, -0.1) is 0 Å². The monoisotopic (exact) mass is 246 g/mol. The summed E-state index contributed by atoms with van der Waals surface area (Å²) in [4.78, 5) is 6.27. The molecule has 18 heavy (non-hydrogen) atoms. The molecule has 0 radical (unpaired) electrons. The fourth-order valence-electron chi connectivity index (χ4n) is 2.01. The van der Waals surface area contributed by atoms with Gasteiger partial charge >= 0.3 is 0 Å². The molecular weight excluding hydrogens is 228 g/mol. The lowest BCUT2D eigenvalue weighted by Crippen LogP contribution is -2.36. The summed E-state index contributed by atoms with van der Waals surface area (Å²) in [6.45, 7) is 10.8. The van der Waals surface area contributed by atoms with E-state index in [1.165, 1.54) is 0 Å². The molecule has 0 spiro atoms. The Morgan fingerprint density at radius 3 is 2.72 bits per heavy atom. The van der Waals surface area contributed by atoms with Crippen molar-refractivity contribution in [1.29, 1.82) is 0 Å². The zero-order chi connectivity index (χ0) is 13.0. The maximum atomic E-state index is 5.35. The highest BCUT2D eigenvalue weighted by molar-refractivity contribution is 5.74. The van der Waals surface area contributed by atoms with Gasteiger partial charge in [0.2, 0.25) is 0 Å². The first-order chi connectivity index (χ1) is 8.76. The van der Waals surface area contributed by atoms with Gasteiger partial charge in [0.05, 0.1) is 26.0 Å². The number of morpholine rings is 1. The maximum Gasteiger partial charge on any atom is 0.121 e. The summed E-state index contributed by atoms with van der Waals surface area (Å²) in [6, 6.07) is 6.03. The summed E-state index contributed by atoms with van der Waals surface area (Å²) in [7, 11) is 1.61. The fraction of sp³-hybridized carbons (Fsp3) is 0.357. The summed E-state index contributed by atoms with van der Waals surface area (Å²) < 4.78 is 10.5. The highest BCUT2D eigenvalue weighted by Gasteiger charge is 2.14. The quantitative estimate of drug-likeness (QED) is 0.604. The second-order valence-corrected chi connectivity index (χ2v) is 4.09. The lowest BCUT2D eigenvalue weighted by atomic mass is 10.1. The smallest absolute Gasteiger partial charge is 0.121 e. The predicted molar refractivity (Wildman–Crippen MR) is 74.7 cm³/mol. The first-order valence-electron chi connectivity index (χ1n) is 5.93. The van der Waals surface area contributed by atoms with E-state index < -0.39 is 0 Å². The second kappa shape index (κ2) is 5.69. The molecule has 0 atom stereocenters. The molecule has 0 N–H and O–H groups in total. The molecular formula is C14H18N2O2. The van der Waals surface area contributed by atoms with Crippen molar-refractivity contribution in [3.63, 3.8) is 0 Å². The van der Waals surface area contributed by atoms with E-state index in [2.05, 4.69) is 23.2 Å². The van der Waals surface area contributed by atoms with Crippen LogP contribution < -0.4 is 4.90 Å². The molecule has 0 bridgehead atoms. The molecule has 1 aromatic carbocycles. The predicted octanol–water partition coefficient (Wildman–Crippen LogP) is 2.47. The lowest BCUT2D eigenvalue weighted by Gasteiger charge is -2.29. The molecule has 1 fully saturated rings. The van der Waals surface area contributed by atoms with E-state index in [1.807, 2.05) is 18.2 Å². The highest BCUT2D eigenvalue weighted by atomic mass is 16.5. The molecule has 0 aliphatic carbocycles. The number of rotatable bonds is 4. The number of hydrogen-bond donors (Lipinski definition) is 0. The molecule has 1 saturated heterocycles.